The van der Waals surface area contributed by atoms with Crippen LogP contribution in [-0.2, 0) is 15.9 Å². The van der Waals surface area contributed by atoms with Gasteiger partial charge >= 0.3 is 11.5 Å². The fourth-order valence-corrected chi connectivity index (χ4v) is 4.09. The van der Waals surface area contributed by atoms with Crippen molar-refractivity contribution in [2.24, 2.45) is 0 Å². The molecule has 5 nitrogen and oxygen atoms in total. The molecule has 0 saturated carbocycles. The molecular formula is C25H22ClNO4. The molecule has 0 bridgehead atoms. The van der Waals surface area contributed by atoms with Gasteiger partial charge in [-0.25, -0.2) is 9.59 Å². The summed E-state index contributed by atoms with van der Waals surface area (Å²) in [6, 6.07) is 25.5. The first-order chi connectivity index (χ1) is 15.1. The Hall–Kier alpha value is -3.31. The Morgan fingerprint density at radius 3 is 2.03 bits per heavy atom. The molecule has 0 unspecified atom stereocenters. The van der Waals surface area contributed by atoms with Crippen LogP contribution in [0.1, 0.15) is 22.6 Å². The number of hydrogen-bond acceptors (Lipinski definition) is 4. The summed E-state index contributed by atoms with van der Waals surface area (Å²) in [5.74, 6) is -0.0219. The maximum atomic E-state index is 12.6. The highest BCUT2D eigenvalue weighted by Crippen LogP contribution is 2.44. The lowest BCUT2D eigenvalue weighted by molar-refractivity contribution is 0.126. The highest BCUT2D eigenvalue weighted by atomic mass is 35.5. The van der Waals surface area contributed by atoms with Gasteiger partial charge in [-0.1, -0.05) is 78.9 Å². The molecule has 6 heteroatoms. The van der Waals surface area contributed by atoms with Crippen LogP contribution in [0.3, 0.4) is 0 Å². The summed E-state index contributed by atoms with van der Waals surface area (Å²) in [5, 5.41) is 2.80. The predicted octanol–water partition coefficient (Wildman–Crippen LogP) is 5.51. The number of fused-ring (bicyclic) bond motifs is 3. The van der Waals surface area contributed by atoms with Gasteiger partial charge in [0.05, 0.1) is 6.04 Å². The van der Waals surface area contributed by atoms with Crippen LogP contribution in [0.15, 0.2) is 78.9 Å². The minimum atomic E-state index is -0.910. The molecule has 1 N–H and O–H groups in total. The van der Waals surface area contributed by atoms with Gasteiger partial charge in [-0.2, -0.15) is 0 Å². The second kappa shape index (κ2) is 9.67. The summed E-state index contributed by atoms with van der Waals surface area (Å²) in [6.07, 6.45) is -0.0803. The Bertz CT molecular complexity index is 1020. The number of alkyl carbamates (subject to hydrolysis) is 1. The Labute approximate surface area is 185 Å². The molecule has 1 amide bonds. The molecule has 4 rings (SSSR count). The number of carbonyl (C=O) groups is 2. The van der Waals surface area contributed by atoms with Gasteiger partial charge in [0.1, 0.15) is 13.2 Å². The third kappa shape index (κ3) is 5.06. The van der Waals surface area contributed by atoms with E-state index in [2.05, 4.69) is 29.6 Å². The third-order valence-corrected chi connectivity index (χ3v) is 5.50. The lowest BCUT2D eigenvalue weighted by atomic mass is 9.98. The number of rotatable bonds is 7. The third-order valence-electron chi connectivity index (χ3n) is 5.39. The molecule has 31 heavy (non-hydrogen) atoms. The Balaban J connectivity index is 1.42. The molecule has 3 aromatic rings. The molecule has 1 aliphatic carbocycles. The van der Waals surface area contributed by atoms with Gasteiger partial charge in [0.15, 0.2) is 0 Å². The average Bonchev–Trinajstić information content (AvgIpc) is 3.10. The van der Waals surface area contributed by atoms with Crippen molar-refractivity contribution in [1.29, 1.82) is 0 Å². The number of hydrogen-bond donors (Lipinski definition) is 1. The largest absolute Gasteiger partial charge is 0.451 e. The SMILES string of the molecule is O=C(Cl)OC[C@H](Cc1ccccc1)NC(=O)OCC1c2ccccc2-c2ccccc21. The molecule has 1 atom stereocenters. The van der Waals surface area contributed by atoms with E-state index in [0.717, 1.165) is 16.7 Å². The Morgan fingerprint density at radius 2 is 1.42 bits per heavy atom. The molecule has 0 radical (unpaired) electrons. The second-order valence-electron chi connectivity index (χ2n) is 7.41. The standard InChI is InChI=1S/C25H22ClNO4/c26-24(28)30-15-18(14-17-8-2-1-3-9-17)27-25(29)31-16-23-21-12-6-4-10-19(21)20-11-5-7-13-22(20)23/h1-13,18,23H,14-16H2,(H,27,29)/t18-/m0/s1. The monoisotopic (exact) mass is 435 g/mol. The van der Waals surface area contributed by atoms with E-state index in [0.29, 0.717) is 6.42 Å². The van der Waals surface area contributed by atoms with Gasteiger partial charge in [0.2, 0.25) is 0 Å². The zero-order valence-corrected chi connectivity index (χ0v) is 17.5. The summed E-state index contributed by atoms with van der Waals surface area (Å²) in [7, 11) is 0. The van der Waals surface area contributed by atoms with Crippen molar-refractivity contribution in [2.75, 3.05) is 13.2 Å². The summed E-state index contributed by atoms with van der Waals surface area (Å²) in [4.78, 5) is 23.6. The van der Waals surface area contributed by atoms with Gasteiger partial charge in [-0.3, -0.25) is 0 Å². The smallest absolute Gasteiger partial charge is 0.407 e. The summed E-state index contributed by atoms with van der Waals surface area (Å²) < 4.78 is 10.5. The fraction of sp³-hybridized carbons (Fsp3) is 0.200. The van der Waals surface area contributed by atoms with Crippen LogP contribution in [0, 0.1) is 0 Å². The number of halogens is 1. The summed E-state index contributed by atoms with van der Waals surface area (Å²) in [5.41, 5.74) is 4.72. The second-order valence-corrected chi connectivity index (χ2v) is 7.71. The normalized spacial score (nSPS) is 13.1. The van der Waals surface area contributed by atoms with Crippen LogP contribution in [0.25, 0.3) is 11.1 Å². The highest BCUT2D eigenvalue weighted by Gasteiger charge is 2.29. The maximum Gasteiger partial charge on any atom is 0.407 e. The van der Waals surface area contributed by atoms with E-state index in [1.165, 1.54) is 11.1 Å². The zero-order valence-electron chi connectivity index (χ0n) is 16.8. The molecule has 0 heterocycles. The van der Waals surface area contributed by atoms with Gasteiger partial charge in [0, 0.05) is 17.5 Å². The van der Waals surface area contributed by atoms with Crippen LogP contribution < -0.4 is 5.32 Å². The van der Waals surface area contributed by atoms with E-state index in [1.54, 1.807) is 0 Å². The van der Waals surface area contributed by atoms with Gasteiger partial charge < -0.3 is 14.8 Å². The number of nitrogens with one attached hydrogen (secondary N) is 1. The first-order valence-electron chi connectivity index (χ1n) is 10.1. The van der Waals surface area contributed by atoms with Crippen molar-refractivity contribution < 1.29 is 19.1 Å². The molecule has 0 saturated heterocycles. The van der Waals surface area contributed by atoms with E-state index in [4.69, 9.17) is 21.1 Å². The fourth-order valence-electron chi connectivity index (χ4n) is 4.02. The van der Waals surface area contributed by atoms with E-state index in [-0.39, 0.29) is 19.1 Å². The van der Waals surface area contributed by atoms with E-state index in [1.807, 2.05) is 54.6 Å². The number of ether oxygens (including phenoxy) is 2. The van der Waals surface area contributed by atoms with Crippen molar-refractivity contribution >= 4 is 23.1 Å². The predicted molar refractivity (Wildman–Crippen MR) is 119 cm³/mol. The molecule has 0 spiro atoms. The van der Waals surface area contributed by atoms with Crippen molar-refractivity contribution in [1.82, 2.24) is 5.32 Å². The van der Waals surface area contributed by atoms with Crippen LogP contribution >= 0.6 is 11.6 Å². The molecule has 0 aliphatic heterocycles. The topological polar surface area (TPSA) is 64.6 Å². The van der Waals surface area contributed by atoms with E-state index < -0.39 is 17.6 Å². The van der Waals surface area contributed by atoms with Crippen molar-refractivity contribution in [3.63, 3.8) is 0 Å². The zero-order chi connectivity index (χ0) is 21.6. The highest BCUT2D eigenvalue weighted by molar-refractivity contribution is 6.61. The van der Waals surface area contributed by atoms with Crippen molar-refractivity contribution in [2.45, 2.75) is 18.4 Å². The van der Waals surface area contributed by atoms with Crippen molar-refractivity contribution in [3.8, 4) is 11.1 Å². The first kappa shape index (κ1) is 20.9. The molecule has 158 valence electrons. The molecular weight excluding hydrogens is 414 g/mol. The minimum Gasteiger partial charge on any atom is -0.451 e. The first-order valence-corrected chi connectivity index (χ1v) is 10.5. The van der Waals surface area contributed by atoms with Crippen LogP contribution in [0.2, 0.25) is 0 Å². The van der Waals surface area contributed by atoms with Gasteiger partial charge in [-0.05, 0) is 34.2 Å². The Kier molecular flexibility index (Phi) is 6.53. The molecule has 1 aliphatic rings. The molecule has 0 aromatic heterocycles. The van der Waals surface area contributed by atoms with Crippen molar-refractivity contribution in [3.05, 3.63) is 95.6 Å². The van der Waals surface area contributed by atoms with E-state index in [9.17, 15) is 9.59 Å². The van der Waals surface area contributed by atoms with E-state index >= 15 is 0 Å². The Morgan fingerprint density at radius 1 is 0.839 bits per heavy atom. The minimum absolute atomic E-state index is 0.0219. The summed E-state index contributed by atoms with van der Waals surface area (Å²) >= 11 is 5.30. The summed E-state index contributed by atoms with van der Waals surface area (Å²) in [6.45, 7) is 0.175. The quantitative estimate of drug-likeness (QED) is 0.497. The lowest BCUT2D eigenvalue weighted by Crippen LogP contribution is -2.40. The van der Waals surface area contributed by atoms with Gasteiger partial charge in [0.25, 0.3) is 0 Å². The lowest BCUT2D eigenvalue weighted by Gasteiger charge is -2.19. The van der Waals surface area contributed by atoms with Crippen LogP contribution in [0.4, 0.5) is 9.59 Å². The number of carbonyl (C=O) groups excluding carboxylic acids is 2. The van der Waals surface area contributed by atoms with Crippen LogP contribution in [-0.4, -0.2) is 30.8 Å². The average molecular weight is 436 g/mol. The maximum absolute atomic E-state index is 12.6. The number of amides is 1. The molecule has 0 fully saturated rings. The molecule has 3 aromatic carbocycles. The van der Waals surface area contributed by atoms with Crippen LogP contribution in [0.5, 0.6) is 0 Å². The number of benzene rings is 3. The van der Waals surface area contributed by atoms with Gasteiger partial charge in [-0.15, -0.1) is 0 Å².